The highest BCUT2D eigenvalue weighted by Crippen LogP contribution is 2.37. The number of hydrogen-bond acceptors (Lipinski definition) is 4. The molecule has 0 amide bonds. The molecule has 1 saturated heterocycles. The Morgan fingerprint density at radius 1 is 1.41 bits per heavy atom. The van der Waals surface area contributed by atoms with Gasteiger partial charge in [-0.1, -0.05) is 0 Å². The van der Waals surface area contributed by atoms with Crippen LogP contribution < -0.4 is 5.73 Å². The standard InChI is InChI=1S/C11H16BrNO2S2/c12-11-2-1-10(16-11)9(7-13)8-3-5-17(14,15)6-4-8/h1-2,8-9H,3-7,13H2. The highest BCUT2D eigenvalue weighted by atomic mass is 79.9. The molecule has 2 heterocycles. The van der Waals surface area contributed by atoms with Crippen molar-refractivity contribution in [3.05, 3.63) is 20.8 Å². The molecule has 1 fully saturated rings. The Hall–Kier alpha value is 0.0900. The van der Waals surface area contributed by atoms with Crippen LogP contribution in [0.2, 0.25) is 0 Å². The van der Waals surface area contributed by atoms with Crippen molar-refractivity contribution >= 4 is 37.1 Å². The normalized spacial score (nSPS) is 22.5. The lowest BCUT2D eigenvalue weighted by atomic mass is 9.86. The topological polar surface area (TPSA) is 60.2 Å². The lowest BCUT2D eigenvalue weighted by molar-refractivity contribution is 0.393. The lowest BCUT2D eigenvalue weighted by Crippen LogP contribution is -2.30. The van der Waals surface area contributed by atoms with Gasteiger partial charge in [0.2, 0.25) is 0 Å². The van der Waals surface area contributed by atoms with Gasteiger partial charge in [-0.15, -0.1) is 11.3 Å². The second-order valence-electron chi connectivity index (χ2n) is 4.47. The van der Waals surface area contributed by atoms with Gasteiger partial charge in [0.1, 0.15) is 9.84 Å². The van der Waals surface area contributed by atoms with Crippen molar-refractivity contribution in [1.82, 2.24) is 0 Å². The first-order valence-electron chi connectivity index (χ1n) is 5.67. The quantitative estimate of drug-likeness (QED) is 0.920. The van der Waals surface area contributed by atoms with E-state index in [1.807, 2.05) is 6.07 Å². The monoisotopic (exact) mass is 337 g/mol. The van der Waals surface area contributed by atoms with Crippen LogP contribution >= 0.6 is 27.3 Å². The molecule has 1 aliphatic rings. The third kappa shape index (κ3) is 3.30. The van der Waals surface area contributed by atoms with Gasteiger partial charge in [-0.05, 0) is 46.8 Å². The van der Waals surface area contributed by atoms with Gasteiger partial charge in [0.15, 0.2) is 0 Å². The molecule has 6 heteroatoms. The Morgan fingerprint density at radius 2 is 2.06 bits per heavy atom. The summed E-state index contributed by atoms with van der Waals surface area (Å²) in [5, 5.41) is 0. The van der Waals surface area contributed by atoms with Gasteiger partial charge in [0, 0.05) is 17.3 Å². The third-order valence-corrected chi connectivity index (χ3v) is 6.85. The average molecular weight is 338 g/mol. The van der Waals surface area contributed by atoms with Crippen molar-refractivity contribution in [2.24, 2.45) is 11.7 Å². The Kier molecular flexibility index (Phi) is 4.28. The van der Waals surface area contributed by atoms with Crippen molar-refractivity contribution in [2.75, 3.05) is 18.1 Å². The number of nitrogens with two attached hydrogens (primary N) is 1. The molecule has 96 valence electrons. The van der Waals surface area contributed by atoms with Gasteiger partial charge < -0.3 is 5.73 Å². The third-order valence-electron chi connectivity index (χ3n) is 3.38. The predicted octanol–water partition coefficient (Wildman–Crippen LogP) is 2.38. The summed E-state index contributed by atoms with van der Waals surface area (Å²) in [6.45, 7) is 0.595. The summed E-state index contributed by atoms with van der Waals surface area (Å²) in [4.78, 5) is 1.27. The number of rotatable bonds is 3. The minimum absolute atomic E-state index is 0.307. The van der Waals surface area contributed by atoms with E-state index in [0.29, 0.717) is 29.9 Å². The van der Waals surface area contributed by atoms with E-state index in [-0.39, 0.29) is 0 Å². The van der Waals surface area contributed by atoms with Crippen molar-refractivity contribution in [3.8, 4) is 0 Å². The minimum atomic E-state index is -2.78. The predicted molar refractivity (Wildman–Crippen MR) is 75.2 cm³/mol. The highest BCUT2D eigenvalue weighted by molar-refractivity contribution is 9.11. The molecule has 0 aromatic carbocycles. The summed E-state index contributed by atoms with van der Waals surface area (Å²) in [5.41, 5.74) is 5.85. The smallest absolute Gasteiger partial charge is 0.150 e. The molecular weight excluding hydrogens is 322 g/mol. The number of halogens is 1. The number of hydrogen-bond donors (Lipinski definition) is 1. The number of thiophene rings is 1. The van der Waals surface area contributed by atoms with Crippen LogP contribution in [-0.4, -0.2) is 26.5 Å². The van der Waals surface area contributed by atoms with E-state index in [1.54, 1.807) is 11.3 Å². The molecule has 1 aromatic heterocycles. The average Bonchev–Trinajstić information content (AvgIpc) is 2.68. The van der Waals surface area contributed by atoms with Gasteiger partial charge in [-0.2, -0.15) is 0 Å². The SMILES string of the molecule is NCC(c1ccc(Br)s1)C1CCS(=O)(=O)CC1. The molecule has 0 radical (unpaired) electrons. The molecule has 2 rings (SSSR count). The Labute approximate surface area is 114 Å². The van der Waals surface area contributed by atoms with E-state index in [0.717, 1.165) is 16.6 Å². The summed E-state index contributed by atoms with van der Waals surface area (Å²) in [6, 6.07) is 4.12. The summed E-state index contributed by atoms with van der Waals surface area (Å²) in [6.07, 6.45) is 1.50. The Morgan fingerprint density at radius 3 is 2.53 bits per heavy atom. The fourth-order valence-corrected chi connectivity index (χ4v) is 5.54. The van der Waals surface area contributed by atoms with E-state index >= 15 is 0 Å². The molecule has 1 aliphatic heterocycles. The van der Waals surface area contributed by atoms with Crippen LogP contribution in [0.4, 0.5) is 0 Å². The molecule has 3 nitrogen and oxygen atoms in total. The maximum Gasteiger partial charge on any atom is 0.150 e. The zero-order valence-electron chi connectivity index (χ0n) is 9.43. The number of sulfone groups is 1. The van der Waals surface area contributed by atoms with E-state index < -0.39 is 9.84 Å². The maximum atomic E-state index is 11.4. The van der Waals surface area contributed by atoms with E-state index in [2.05, 4.69) is 22.0 Å². The fraction of sp³-hybridized carbons (Fsp3) is 0.636. The van der Waals surface area contributed by atoms with Crippen LogP contribution in [-0.2, 0) is 9.84 Å². The fourth-order valence-electron chi connectivity index (χ4n) is 2.38. The molecule has 0 spiro atoms. The molecule has 0 aliphatic carbocycles. The van der Waals surface area contributed by atoms with Crippen LogP contribution in [0.3, 0.4) is 0 Å². The lowest BCUT2D eigenvalue weighted by Gasteiger charge is -2.28. The highest BCUT2D eigenvalue weighted by Gasteiger charge is 2.30. The molecule has 0 bridgehead atoms. The first-order chi connectivity index (χ1) is 8.02. The maximum absolute atomic E-state index is 11.4. The summed E-state index contributed by atoms with van der Waals surface area (Å²) < 4.78 is 23.9. The van der Waals surface area contributed by atoms with Crippen LogP contribution in [0.15, 0.2) is 15.9 Å². The molecule has 0 saturated carbocycles. The zero-order chi connectivity index (χ0) is 12.5. The molecule has 17 heavy (non-hydrogen) atoms. The van der Waals surface area contributed by atoms with Crippen molar-refractivity contribution < 1.29 is 8.42 Å². The largest absolute Gasteiger partial charge is 0.330 e. The van der Waals surface area contributed by atoms with Crippen LogP contribution in [0.1, 0.15) is 23.6 Å². The van der Waals surface area contributed by atoms with Gasteiger partial charge >= 0.3 is 0 Å². The van der Waals surface area contributed by atoms with Crippen LogP contribution in [0.5, 0.6) is 0 Å². The summed E-state index contributed by atoms with van der Waals surface area (Å²) >= 11 is 5.15. The molecule has 1 aromatic rings. The van der Waals surface area contributed by atoms with Crippen molar-refractivity contribution in [1.29, 1.82) is 0 Å². The van der Waals surface area contributed by atoms with E-state index in [4.69, 9.17) is 5.73 Å². The van der Waals surface area contributed by atoms with Gasteiger partial charge in [-0.25, -0.2) is 8.42 Å². The summed E-state index contributed by atoms with van der Waals surface area (Å²) in [5.74, 6) is 1.36. The molecule has 1 unspecified atom stereocenters. The van der Waals surface area contributed by atoms with Gasteiger partial charge in [-0.3, -0.25) is 0 Å². The Balaban J connectivity index is 2.10. The van der Waals surface area contributed by atoms with Gasteiger partial charge in [0.25, 0.3) is 0 Å². The van der Waals surface area contributed by atoms with Crippen molar-refractivity contribution in [3.63, 3.8) is 0 Å². The molecule has 1 atom stereocenters. The zero-order valence-corrected chi connectivity index (χ0v) is 12.7. The van der Waals surface area contributed by atoms with Crippen molar-refractivity contribution in [2.45, 2.75) is 18.8 Å². The first-order valence-corrected chi connectivity index (χ1v) is 9.10. The molecule has 2 N–H and O–H groups in total. The van der Waals surface area contributed by atoms with E-state index in [9.17, 15) is 8.42 Å². The second kappa shape index (κ2) is 5.38. The van der Waals surface area contributed by atoms with Gasteiger partial charge in [0.05, 0.1) is 15.3 Å². The van der Waals surface area contributed by atoms with Crippen LogP contribution in [0.25, 0.3) is 0 Å². The summed E-state index contributed by atoms with van der Waals surface area (Å²) in [7, 11) is -2.78. The Bertz CT molecular complexity index is 469. The second-order valence-corrected chi connectivity index (χ2v) is 9.27. The van der Waals surface area contributed by atoms with E-state index in [1.165, 1.54) is 4.88 Å². The molecular formula is C11H16BrNO2S2. The van der Waals surface area contributed by atoms with Crippen LogP contribution in [0, 0.1) is 5.92 Å². The minimum Gasteiger partial charge on any atom is -0.330 e. The first kappa shape index (κ1) is 13.5.